The summed E-state index contributed by atoms with van der Waals surface area (Å²) in [4.78, 5) is 3.71. The van der Waals surface area contributed by atoms with Gasteiger partial charge in [0.05, 0.1) is 12.1 Å². The average molecular weight is 283 g/mol. The van der Waals surface area contributed by atoms with Gasteiger partial charge in [0, 0.05) is 6.20 Å². The molecule has 7 heteroatoms. The summed E-state index contributed by atoms with van der Waals surface area (Å²) < 4.78 is 26.9. The number of nitrogens with one attached hydrogen (secondary N) is 1. The number of nitrogens with zero attached hydrogens (tertiary/aromatic N) is 2. The molecule has 0 saturated carbocycles. The van der Waals surface area contributed by atoms with E-state index >= 15 is 0 Å². The Morgan fingerprint density at radius 2 is 2.05 bits per heavy atom. The molecule has 2 N–H and O–H groups in total. The van der Waals surface area contributed by atoms with Gasteiger partial charge in [0.25, 0.3) is 0 Å². The molecule has 1 heterocycles. The fraction of sp³-hybridized carbons (Fsp3) is 0.500. The van der Waals surface area contributed by atoms with E-state index in [0.717, 1.165) is 6.20 Å². The summed E-state index contributed by atoms with van der Waals surface area (Å²) in [5, 5.41) is 18.0. The second-order valence-electron chi connectivity index (χ2n) is 4.24. The Morgan fingerprint density at radius 1 is 1.42 bits per heavy atom. The first-order valence-electron chi connectivity index (χ1n) is 5.94. The van der Waals surface area contributed by atoms with Gasteiger partial charge in [-0.1, -0.05) is 13.8 Å². The quantitative estimate of drug-likeness (QED) is 0.803. The maximum Gasteiger partial charge on any atom is 0.242 e. The maximum atomic E-state index is 12.2. The van der Waals surface area contributed by atoms with E-state index in [1.807, 2.05) is 6.07 Å². The van der Waals surface area contributed by atoms with Crippen molar-refractivity contribution in [1.29, 1.82) is 5.26 Å². The Morgan fingerprint density at radius 3 is 2.42 bits per heavy atom. The number of nitriles is 1. The van der Waals surface area contributed by atoms with Crippen molar-refractivity contribution in [2.24, 2.45) is 0 Å². The zero-order chi connectivity index (χ0) is 14.5. The van der Waals surface area contributed by atoms with Crippen LogP contribution in [0.2, 0.25) is 0 Å². The van der Waals surface area contributed by atoms with Gasteiger partial charge in [-0.2, -0.15) is 5.26 Å². The molecule has 0 radical (unpaired) electrons. The first-order chi connectivity index (χ1) is 8.93. The summed E-state index contributed by atoms with van der Waals surface area (Å²) >= 11 is 0. The topological polar surface area (TPSA) is 103 Å². The van der Waals surface area contributed by atoms with Crippen LogP contribution in [0.4, 0.5) is 0 Å². The summed E-state index contributed by atoms with van der Waals surface area (Å²) in [5.74, 6) is 0. The van der Waals surface area contributed by atoms with Crippen molar-refractivity contribution in [3.63, 3.8) is 0 Å². The van der Waals surface area contributed by atoms with Crippen molar-refractivity contribution in [3.05, 3.63) is 24.0 Å². The molecule has 1 aromatic heterocycles. The third kappa shape index (κ3) is 3.50. The first kappa shape index (κ1) is 15.6. The van der Waals surface area contributed by atoms with Crippen LogP contribution >= 0.6 is 0 Å². The van der Waals surface area contributed by atoms with Gasteiger partial charge in [-0.3, -0.25) is 0 Å². The van der Waals surface area contributed by atoms with Gasteiger partial charge in [0.2, 0.25) is 10.0 Å². The highest BCUT2D eigenvalue weighted by Crippen LogP contribution is 2.18. The molecule has 19 heavy (non-hydrogen) atoms. The summed E-state index contributed by atoms with van der Waals surface area (Å²) in [5.41, 5.74) is -0.717. The molecule has 1 aromatic rings. The van der Waals surface area contributed by atoms with Gasteiger partial charge in [0.15, 0.2) is 0 Å². The third-order valence-corrected chi connectivity index (χ3v) is 4.73. The zero-order valence-corrected chi connectivity index (χ0v) is 11.7. The number of aromatic nitrogens is 1. The molecular weight excluding hydrogens is 266 g/mol. The van der Waals surface area contributed by atoms with Crippen LogP contribution in [0.15, 0.2) is 23.2 Å². The van der Waals surface area contributed by atoms with E-state index in [1.54, 1.807) is 13.8 Å². The van der Waals surface area contributed by atoms with Crippen LogP contribution in [-0.2, 0) is 10.0 Å². The van der Waals surface area contributed by atoms with E-state index in [-0.39, 0.29) is 17.2 Å². The molecule has 0 unspecified atom stereocenters. The molecule has 0 aromatic carbocycles. The van der Waals surface area contributed by atoms with Crippen LogP contribution in [0.1, 0.15) is 32.4 Å². The molecule has 1 rings (SSSR count). The lowest BCUT2D eigenvalue weighted by Crippen LogP contribution is -2.50. The van der Waals surface area contributed by atoms with Crippen LogP contribution < -0.4 is 4.72 Å². The minimum atomic E-state index is -3.76. The second kappa shape index (κ2) is 6.10. The smallest absolute Gasteiger partial charge is 0.242 e. The zero-order valence-electron chi connectivity index (χ0n) is 10.9. The average Bonchev–Trinajstić information content (AvgIpc) is 2.45. The maximum absolute atomic E-state index is 12.2. The number of hydrogen-bond acceptors (Lipinski definition) is 5. The van der Waals surface area contributed by atoms with Crippen molar-refractivity contribution in [2.75, 3.05) is 6.61 Å². The molecule has 0 bridgehead atoms. The number of aliphatic hydroxyl groups is 1. The minimum Gasteiger partial charge on any atom is -0.394 e. The second-order valence-corrected chi connectivity index (χ2v) is 5.92. The largest absolute Gasteiger partial charge is 0.394 e. The van der Waals surface area contributed by atoms with Crippen molar-refractivity contribution in [3.8, 4) is 6.07 Å². The van der Waals surface area contributed by atoms with Crippen LogP contribution in [0.25, 0.3) is 0 Å². The highest BCUT2D eigenvalue weighted by molar-refractivity contribution is 7.89. The van der Waals surface area contributed by atoms with Crippen molar-refractivity contribution in [2.45, 2.75) is 37.1 Å². The monoisotopic (exact) mass is 283 g/mol. The Bertz CT molecular complexity index is 549. The third-order valence-electron chi connectivity index (χ3n) is 3.17. The number of hydrogen-bond donors (Lipinski definition) is 2. The van der Waals surface area contributed by atoms with Gasteiger partial charge in [-0.05, 0) is 25.0 Å². The van der Waals surface area contributed by atoms with Gasteiger partial charge in [0.1, 0.15) is 16.7 Å². The minimum absolute atomic E-state index is 0.0220. The van der Waals surface area contributed by atoms with Gasteiger partial charge in [-0.25, -0.2) is 18.1 Å². The lowest BCUT2D eigenvalue weighted by molar-refractivity contribution is 0.172. The highest BCUT2D eigenvalue weighted by atomic mass is 32.2. The van der Waals surface area contributed by atoms with Crippen molar-refractivity contribution < 1.29 is 13.5 Å². The van der Waals surface area contributed by atoms with Gasteiger partial charge < -0.3 is 5.11 Å². The van der Waals surface area contributed by atoms with Crippen molar-refractivity contribution in [1.82, 2.24) is 9.71 Å². The van der Waals surface area contributed by atoms with E-state index < -0.39 is 15.6 Å². The standard InChI is InChI=1S/C12H17N3O3S/c1-3-12(4-2,9-16)15-19(17,18)11-6-5-10(7-13)14-8-11/h5-6,8,15-16H,3-4,9H2,1-2H3. The van der Waals surface area contributed by atoms with Crippen LogP contribution in [0.3, 0.4) is 0 Å². The van der Waals surface area contributed by atoms with E-state index in [9.17, 15) is 13.5 Å². The molecule has 0 saturated heterocycles. The van der Waals surface area contributed by atoms with Crippen molar-refractivity contribution >= 4 is 10.0 Å². The molecule has 0 aliphatic carbocycles. The SMILES string of the molecule is CCC(CC)(CO)NS(=O)(=O)c1ccc(C#N)nc1. The van der Waals surface area contributed by atoms with Gasteiger partial charge >= 0.3 is 0 Å². The summed E-state index contributed by atoms with van der Waals surface area (Å²) in [6.07, 6.45) is 2.08. The Hall–Kier alpha value is -1.49. The Balaban J connectivity index is 3.07. The van der Waals surface area contributed by atoms with Crippen LogP contribution in [-0.4, -0.2) is 30.7 Å². The molecular formula is C12H17N3O3S. The number of rotatable bonds is 6. The molecule has 0 amide bonds. The molecule has 0 aliphatic rings. The summed E-state index contributed by atoms with van der Waals surface area (Å²) in [7, 11) is -3.76. The number of aliphatic hydroxyl groups excluding tert-OH is 1. The lowest BCUT2D eigenvalue weighted by atomic mass is 9.96. The van der Waals surface area contributed by atoms with E-state index in [1.165, 1.54) is 12.1 Å². The predicted molar refractivity (Wildman–Crippen MR) is 69.7 cm³/mol. The molecule has 104 valence electrons. The molecule has 0 atom stereocenters. The fourth-order valence-corrected chi connectivity index (χ4v) is 3.08. The molecule has 6 nitrogen and oxygen atoms in total. The Labute approximate surface area is 113 Å². The van der Waals surface area contributed by atoms with Gasteiger partial charge in [-0.15, -0.1) is 0 Å². The normalized spacial score (nSPS) is 12.1. The Kier molecular flexibility index (Phi) is 5.00. The number of pyridine rings is 1. The summed E-state index contributed by atoms with van der Waals surface area (Å²) in [6.45, 7) is 3.33. The molecule has 0 spiro atoms. The highest BCUT2D eigenvalue weighted by Gasteiger charge is 2.31. The lowest BCUT2D eigenvalue weighted by Gasteiger charge is -2.30. The van der Waals surface area contributed by atoms with Crippen LogP contribution in [0.5, 0.6) is 0 Å². The van der Waals surface area contributed by atoms with E-state index in [2.05, 4.69) is 9.71 Å². The number of sulfonamides is 1. The molecule has 0 aliphatic heterocycles. The molecule has 0 fully saturated rings. The fourth-order valence-electron chi connectivity index (χ4n) is 1.60. The predicted octanol–water partition coefficient (Wildman–Crippen LogP) is 0.783. The first-order valence-corrected chi connectivity index (χ1v) is 7.42. The van der Waals surface area contributed by atoms with E-state index in [0.29, 0.717) is 12.8 Å². The van der Waals surface area contributed by atoms with E-state index in [4.69, 9.17) is 5.26 Å². The van der Waals surface area contributed by atoms with Crippen LogP contribution in [0, 0.1) is 11.3 Å². The summed E-state index contributed by atoms with van der Waals surface area (Å²) in [6, 6.07) is 4.48.